The lowest BCUT2D eigenvalue weighted by molar-refractivity contribution is -0.159. The van der Waals surface area contributed by atoms with Crippen LogP contribution in [0.5, 0.6) is 0 Å². The lowest BCUT2D eigenvalue weighted by Gasteiger charge is -2.38. The minimum Gasteiger partial charge on any atom is -0.332 e. The lowest BCUT2D eigenvalue weighted by Crippen LogP contribution is -2.50. The zero-order valence-electron chi connectivity index (χ0n) is 16.6. The number of alkyl halides is 6. The van der Waals surface area contributed by atoms with Crippen molar-refractivity contribution >= 4 is 5.91 Å². The van der Waals surface area contributed by atoms with E-state index in [1.54, 1.807) is 6.07 Å². The second-order valence-corrected chi connectivity index (χ2v) is 8.06. The summed E-state index contributed by atoms with van der Waals surface area (Å²) in [6.07, 6.45) is -6.98. The number of rotatable bonds is 5. The molecule has 1 amide bonds. The minimum absolute atomic E-state index is 0.110. The van der Waals surface area contributed by atoms with Crippen LogP contribution >= 0.6 is 0 Å². The Morgan fingerprint density at radius 1 is 1.03 bits per heavy atom. The van der Waals surface area contributed by atoms with Gasteiger partial charge in [0.25, 0.3) is 0 Å². The van der Waals surface area contributed by atoms with E-state index < -0.39 is 36.4 Å². The highest BCUT2D eigenvalue weighted by molar-refractivity contribution is 5.84. The van der Waals surface area contributed by atoms with Crippen molar-refractivity contribution in [3.05, 3.63) is 35.4 Å². The molecule has 0 saturated carbocycles. The number of halogens is 6. The summed E-state index contributed by atoms with van der Waals surface area (Å²) in [6.45, 7) is 0.426. The first-order valence-electron chi connectivity index (χ1n) is 9.90. The third kappa shape index (κ3) is 5.66. The third-order valence-corrected chi connectivity index (χ3v) is 5.89. The highest BCUT2D eigenvalue weighted by Gasteiger charge is 2.42. The Hall–Kier alpha value is -1.81. The molecule has 0 radical (unpaired) electrons. The predicted octanol–water partition coefficient (Wildman–Crippen LogP) is 3.76. The number of amides is 1. The Morgan fingerprint density at radius 2 is 1.70 bits per heavy atom. The van der Waals surface area contributed by atoms with Crippen LogP contribution in [-0.4, -0.2) is 72.1 Å². The van der Waals surface area contributed by atoms with Crippen LogP contribution in [0.4, 0.5) is 26.3 Å². The number of benzene rings is 1. The van der Waals surface area contributed by atoms with Crippen molar-refractivity contribution in [2.45, 2.75) is 50.2 Å². The van der Waals surface area contributed by atoms with E-state index in [9.17, 15) is 31.1 Å². The van der Waals surface area contributed by atoms with Crippen LogP contribution in [0.15, 0.2) is 24.3 Å². The lowest BCUT2D eigenvalue weighted by atomic mass is 10.0. The number of hydrogen-bond acceptors (Lipinski definition) is 3. The molecule has 0 bridgehead atoms. The molecule has 0 N–H and O–H groups in total. The standard InChI is InChI=1S/C20H25F6N3O/c1-27(12-14-3-2-4-15(11-14)20(24,25)26)16-5-8-28(9-6-16)17-7-10-29(18(17)30)13-19(21,22)23/h2-4,11,16-17H,5-10,12-13H2,1H3. The van der Waals surface area contributed by atoms with Crippen molar-refractivity contribution in [2.24, 2.45) is 0 Å². The van der Waals surface area contributed by atoms with Crippen molar-refractivity contribution in [2.75, 3.05) is 33.2 Å². The molecule has 1 atom stereocenters. The molecule has 3 rings (SSSR count). The Kier molecular flexibility index (Phi) is 6.66. The summed E-state index contributed by atoms with van der Waals surface area (Å²) in [6, 6.07) is 4.88. The molecule has 0 aromatic heterocycles. The molecule has 0 spiro atoms. The van der Waals surface area contributed by atoms with Gasteiger partial charge in [0, 0.05) is 32.2 Å². The quantitative estimate of drug-likeness (QED) is 0.657. The molecular weight excluding hydrogens is 412 g/mol. The molecule has 2 aliphatic rings. The first-order chi connectivity index (χ1) is 13.9. The van der Waals surface area contributed by atoms with Crippen molar-refractivity contribution in [1.29, 1.82) is 0 Å². The fraction of sp³-hybridized carbons (Fsp3) is 0.650. The van der Waals surface area contributed by atoms with Gasteiger partial charge in [0.15, 0.2) is 0 Å². The van der Waals surface area contributed by atoms with Gasteiger partial charge in [-0.3, -0.25) is 14.6 Å². The van der Waals surface area contributed by atoms with E-state index in [0.29, 0.717) is 44.5 Å². The number of nitrogens with zero attached hydrogens (tertiary/aromatic N) is 3. The van der Waals surface area contributed by atoms with Crippen LogP contribution in [0.1, 0.15) is 30.4 Å². The molecule has 30 heavy (non-hydrogen) atoms. The SMILES string of the molecule is CN(Cc1cccc(C(F)(F)F)c1)C1CCN(C2CCN(CC(F)(F)F)C2=O)CC1. The van der Waals surface area contributed by atoms with E-state index >= 15 is 0 Å². The highest BCUT2D eigenvalue weighted by atomic mass is 19.4. The van der Waals surface area contributed by atoms with Gasteiger partial charge < -0.3 is 4.90 Å². The van der Waals surface area contributed by atoms with E-state index in [2.05, 4.69) is 0 Å². The maximum atomic E-state index is 12.9. The Morgan fingerprint density at radius 3 is 2.30 bits per heavy atom. The number of likely N-dealkylation sites (tertiary alicyclic amines) is 2. The van der Waals surface area contributed by atoms with E-state index in [-0.39, 0.29) is 12.6 Å². The topological polar surface area (TPSA) is 26.8 Å². The van der Waals surface area contributed by atoms with Crippen molar-refractivity contribution in [3.8, 4) is 0 Å². The van der Waals surface area contributed by atoms with E-state index in [0.717, 1.165) is 17.0 Å². The molecule has 1 aromatic rings. The normalized spacial score (nSPS) is 22.3. The van der Waals surface area contributed by atoms with Crippen LogP contribution in [0.3, 0.4) is 0 Å². The Labute approximate surface area is 171 Å². The van der Waals surface area contributed by atoms with Gasteiger partial charge in [-0.2, -0.15) is 26.3 Å². The van der Waals surface area contributed by atoms with Crippen LogP contribution in [0.25, 0.3) is 0 Å². The molecule has 1 aromatic carbocycles. The second-order valence-electron chi connectivity index (χ2n) is 8.06. The molecule has 1 unspecified atom stereocenters. The fourth-order valence-corrected chi connectivity index (χ4v) is 4.34. The molecule has 0 aliphatic carbocycles. The number of carbonyl (C=O) groups excluding carboxylic acids is 1. The van der Waals surface area contributed by atoms with Gasteiger partial charge in [0.05, 0.1) is 11.6 Å². The zero-order chi connectivity index (χ0) is 22.1. The van der Waals surface area contributed by atoms with Gasteiger partial charge >= 0.3 is 12.4 Å². The van der Waals surface area contributed by atoms with Crippen LogP contribution < -0.4 is 0 Å². The summed E-state index contributed by atoms with van der Waals surface area (Å²) < 4.78 is 76.4. The summed E-state index contributed by atoms with van der Waals surface area (Å²) in [5.41, 5.74) is -0.102. The summed E-state index contributed by atoms with van der Waals surface area (Å²) in [5, 5.41) is 0. The van der Waals surface area contributed by atoms with Crippen LogP contribution in [-0.2, 0) is 17.5 Å². The predicted molar refractivity (Wildman–Crippen MR) is 98.5 cm³/mol. The molecule has 4 nitrogen and oxygen atoms in total. The monoisotopic (exact) mass is 437 g/mol. The first-order valence-corrected chi connectivity index (χ1v) is 9.90. The average Bonchev–Trinajstić information content (AvgIpc) is 3.00. The molecule has 2 saturated heterocycles. The Balaban J connectivity index is 1.51. The van der Waals surface area contributed by atoms with Gasteiger partial charge in [0.2, 0.25) is 5.91 Å². The molecule has 2 fully saturated rings. The van der Waals surface area contributed by atoms with Gasteiger partial charge in [-0.25, -0.2) is 0 Å². The number of piperidine rings is 1. The molecule has 2 heterocycles. The third-order valence-electron chi connectivity index (χ3n) is 5.89. The van der Waals surface area contributed by atoms with Crippen molar-refractivity contribution < 1.29 is 31.1 Å². The van der Waals surface area contributed by atoms with Crippen molar-refractivity contribution in [3.63, 3.8) is 0 Å². The van der Waals surface area contributed by atoms with E-state index in [4.69, 9.17) is 0 Å². The number of carbonyl (C=O) groups is 1. The van der Waals surface area contributed by atoms with Crippen LogP contribution in [0, 0.1) is 0 Å². The van der Waals surface area contributed by atoms with Gasteiger partial charge in [-0.1, -0.05) is 18.2 Å². The van der Waals surface area contributed by atoms with Crippen LogP contribution in [0.2, 0.25) is 0 Å². The Bertz CT molecular complexity index is 743. The van der Waals surface area contributed by atoms with E-state index in [1.165, 1.54) is 6.07 Å². The number of hydrogen-bond donors (Lipinski definition) is 0. The smallest absolute Gasteiger partial charge is 0.332 e. The van der Waals surface area contributed by atoms with Gasteiger partial charge in [0.1, 0.15) is 6.54 Å². The average molecular weight is 437 g/mol. The fourth-order valence-electron chi connectivity index (χ4n) is 4.34. The summed E-state index contributed by atoms with van der Waals surface area (Å²) in [4.78, 5) is 17.1. The summed E-state index contributed by atoms with van der Waals surface area (Å²) in [7, 11) is 1.85. The molecule has 10 heteroatoms. The largest absolute Gasteiger partial charge is 0.416 e. The molecule has 2 aliphatic heterocycles. The maximum Gasteiger partial charge on any atom is 0.416 e. The second kappa shape index (κ2) is 8.74. The van der Waals surface area contributed by atoms with Gasteiger partial charge in [-0.15, -0.1) is 0 Å². The minimum atomic E-state index is -4.40. The maximum absolute atomic E-state index is 12.9. The highest BCUT2D eigenvalue weighted by Crippen LogP contribution is 2.30. The van der Waals surface area contributed by atoms with Gasteiger partial charge in [-0.05, 0) is 37.9 Å². The first kappa shape index (κ1) is 22.9. The molecular formula is C20H25F6N3O. The van der Waals surface area contributed by atoms with E-state index in [1.807, 2.05) is 16.8 Å². The summed E-state index contributed by atoms with van der Waals surface area (Å²) in [5.74, 6) is -0.469. The summed E-state index contributed by atoms with van der Waals surface area (Å²) >= 11 is 0. The molecule has 168 valence electrons. The zero-order valence-corrected chi connectivity index (χ0v) is 16.6. The van der Waals surface area contributed by atoms with Crippen molar-refractivity contribution in [1.82, 2.24) is 14.7 Å².